The Bertz CT molecular complexity index is 854. The molecule has 1 fully saturated rings. The fourth-order valence-corrected chi connectivity index (χ4v) is 4.48. The van der Waals surface area contributed by atoms with Crippen molar-refractivity contribution in [2.75, 3.05) is 25.0 Å². The maximum Gasteiger partial charge on any atom is 0.253 e. The molecule has 6 nitrogen and oxygen atoms in total. The highest BCUT2D eigenvalue weighted by molar-refractivity contribution is 7.13. The number of thiazole rings is 1. The number of hydrogen-bond donors (Lipinski definition) is 1. The first-order valence-corrected chi connectivity index (χ1v) is 11.6. The number of aromatic nitrogens is 1. The topological polar surface area (TPSA) is 65.5 Å². The third-order valence-corrected chi connectivity index (χ3v) is 6.60. The Morgan fingerprint density at radius 3 is 2.43 bits per heavy atom. The summed E-state index contributed by atoms with van der Waals surface area (Å²) in [6.07, 6.45) is 1.36. The maximum atomic E-state index is 12.9. The van der Waals surface area contributed by atoms with Crippen LogP contribution >= 0.6 is 11.3 Å². The molecule has 3 rings (SSSR count). The normalized spacial score (nSPS) is 15.1. The van der Waals surface area contributed by atoms with Gasteiger partial charge in [-0.3, -0.25) is 14.5 Å². The highest BCUT2D eigenvalue weighted by atomic mass is 32.1. The van der Waals surface area contributed by atoms with Gasteiger partial charge in [-0.1, -0.05) is 19.1 Å². The zero-order valence-electron chi connectivity index (χ0n) is 18.4. The first-order valence-electron chi connectivity index (χ1n) is 10.7. The molecule has 1 saturated heterocycles. The van der Waals surface area contributed by atoms with E-state index in [4.69, 9.17) is 0 Å². The van der Waals surface area contributed by atoms with Gasteiger partial charge in [-0.05, 0) is 57.9 Å². The molecule has 0 bridgehead atoms. The van der Waals surface area contributed by atoms with Crippen LogP contribution in [0.5, 0.6) is 0 Å². The summed E-state index contributed by atoms with van der Waals surface area (Å²) in [5, 5.41) is 5.47. The maximum absolute atomic E-state index is 12.9. The summed E-state index contributed by atoms with van der Waals surface area (Å²) in [5.74, 6) is -0.0183. The number of anilines is 1. The van der Waals surface area contributed by atoms with Crippen molar-refractivity contribution in [1.29, 1.82) is 0 Å². The number of benzene rings is 1. The molecule has 1 aliphatic rings. The lowest BCUT2D eigenvalue weighted by atomic mass is 9.95. The lowest BCUT2D eigenvalue weighted by molar-refractivity contribution is -0.121. The molecule has 1 aliphatic heterocycles. The van der Waals surface area contributed by atoms with Crippen LogP contribution in [0.25, 0.3) is 0 Å². The number of hydrogen-bond acceptors (Lipinski definition) is 5. The van der Waals surface area contributed by atoms with Crippen molar-refractivity contribution in [3.63, 3.8) is 0 Å². The average Bonchev–Trinajstić information content (AvgIpc) is 3.16. The molecule has 1 aromatic carbocycles. The van der Waals surface area contributed by atoms with E-state index < -0.39 is 0 Å². The van der Waals surface area contributed by atoms with Crippen LogP contribution in [0.4, 0.5) is 5.13 Å². The molecule has 0 spiro atoms. The van der Waals surface area contributed by atoms with E-state index in [1.807, 2.05) is 29.3 Å². The highest BCUT2D eigenvalue weighted by Crippen LogP contribution is 2.22. The zero-order chi connectivity index (χ0) is 21.7. The minimum Gasteiger partial charge on any atom is -0.339 e. The van der Waals surface area contributed by atoms with Crippen LogP contribution in [0.3, 0.4) is 0 Å². The summed E-state index contributed by atoms with van der Waals surface area (Å²) in [6, 6.07) is 8.45. The lowest BCUT2D eigenvalue weighted by Gasteiger charge is -2.31. The molecule has 2 heterocycles. The van der Waals surface area contributed by atoms with Crippen molar-refractivity contribution in [3.8, 4) is 0 Å². The van der Waals surface area contributed by atoms with Crippen LogP contribution in [-0.2, 0) is 11.3 Å². The molecule has 2 amide bonds. The predicted molar refractivity (Wildman–Crippen MR) is 122 cm³/mol. The van der Waals surface area contributed by atoms with Gasteiger partial charge in [0.15, 0.2) is 5.13 Å². The van der Waals surface area contributed by atoms with Gasteiger partial charge in [0.1, 0.15) is 0 Å². The van der Waals surface area contributed by atoms with E-state index in [0.717, 1.165) is 18.8 Å². The van der Waals surface area contributed by atoms with Gasteiger partial charge in [-0.25, -0.2) is 4.98 Å². The van der Waals surface area contributed by atoms with Crippen molar-refractivity contribution in [2.45, 2.75) is 53.1 Å². The second-order valence-corrected chi connectivity index (χ2v) is 9.06. The number of carbonyl (C=O) groups excluding carboxylic acids is 2. The van der Waals surface area contributed by atoms with Crippen molar-refractivity contribution in [3.05, 3.63) is 46.5 Å². The molecule has 0 radical (unpaired) electrons. The van der Waals surface area contributed by atoms with E-state index in [1.165, 1.54) is 16.9 Å². The highest BCUT2D eigenvalue weighted by Gasteiger charge is 2.28. The molecular formula is C23H32N4O2S. The first-order chi connectivity index (χ1) is 14.4. The van der Waals surface area contributed by atoms with Gasteiger partial charge >= 0.3 is 0 Å². The minimum absolute atomic E-state index is 0.00596. The number of nitrogens with one attached hydrogen (secondary N) is 1. The van der Waals surface area contributed by atoms with E-state index in [-0.39, 0.29) is 17.7 Å². The SMILES string of the molecule is CCN(Cc1ccc(C(=O)N2CCC(C(=O)Nc3nc(C)cs3)CC2)cc1)C(C)C. The molecule has 2 aromatic rings. The van der Waals surface area contributed by atoms with Crippen molar-refractivity contribution in [1.82, 2.24) is 14.8 Å². The number of nitrogens with zero attached hydrogens (tertiary/aromatic N) is 3. The number of carbonyl (C=O) groups is 2. The summed E-state index contributed by atoms with van der Waals surface area (Å²) in [6.45, 7) is 11.6. The van der Waals surface area contributed by atoms with Gasteiger partial charge in [0.25, 0.3) is 5.91 Å². The largest absolute Gasteiger partial charge is 0.339 e. The van der Waals surface area contributed by atoms with Gasteiger partial charge in [0.2, 0.25) is 5.91 Å². The fraction of sp³-hybridized carbons (Fsp3) is 0.522. The molecule has 30 heavy (non-hydrogen) atoms. The Morgan fingerprint density at radius 1 is 1.23 bits per heavy atom. The van der Waals surface area contributed by atoms with E-state index in [9.17, 15) is 9.59 Å². The van der Waals surface area contributed by atoms with E-state index in [1.54, 1.807) is 0 Å². The lowest BCUT2D eigenvalue weighted by Crippen LogP contribution is -2.41. The van der Waals surface area contributed by atoms with Gasteiger partial charge in [0.05, 0.1) is 5.69 Å². The first kappa shape index (κ1) is 22.4. The van der Waals surface area contributed by atoms with Crippen LogP contribution in [0, 0.1) is 12.8 Å². The summed E-state index contributed by atoms with van der Waals surface area (Å²) >= 11 is 1.44. The number of aryl methyl sites for hydroxylation is 1. The predicted octanol–water partition coefficient (Wildman–Crippen LogP) is 4.17. The van der Waals surface area contributed by atoms with E-state index >= 15 is 0 Å². The monoisotopic (exact) mass is 428 g/mol. The number of likely N-dealkylation sites (tertiary alicyclic amines) is 1. The molecule has 0 saturated carbocycles. The molecule has 0 unspecified atom stereocenters. The van der Waals surface area contributed by atoms with Crippen LogP contribution < -0.4 is 5.32 Å². The molecule has 1 N–H and O–H groups in total. The van der Waals surface area contributed by atoms with Crippen LogP contribution in [0.1, 0.15) is 55.2 Å². The summed E-state index contributed by atoms with van der Waals surface area (Å²) < 4.78 is 0. The van der Waals surface area contributed by atoms with E-state index in [0.29, 0.717) is 42.7 Å². The molecule has 0 atom stereocenters. The molecule has 0 aliphatic carbocycles. The third-order valence-electron chi connectivity index (χ3n) is 5.73. The second-order valence-electron chi connectivity index (χ2n) is 8.20. The molecular weight excluding hydrogens is 396 g/mol. The number of piperidine rings is 1. The quantitative estimate of drug-likeness (QED) is 0.719. The Morgan fingerprint density at radius 2 is 1.90 bits per heavy atom. The average molecular weight is 429 g/mol. The van der Waals surface area contributed by atoms with Gasteiger partial charge in [-0.2, -0.15) is 0 Å². The zero-order valence-corrected chi connectivity index (χ0v) is 19.2. The van der Waals surface area contributed by atoms with Crippen molar-refractivity contribution < 1.29 is 9.59 Å². The molecule has 162 valence electrons. The summed E-state index contributed by atoms with van der Waals surface area (Å²) in [7, 11) is 0. The van der Waals surface area contributed by atoms with Gasteiger partial charge < -0.3 is 10.2 Å². The summed E-state index contributed by atoms with van der Waals surface area (Å²) in [4.78, 5) is 33.9. The summed E-state index contributed by atoms with van der Waals surface area (Å²) in [5.41, 5.74) is 2.84. The Balaban J connectivity index is 1.51. The smallest absolute Gasteiger partial charge is 0.253 e. The van der Waals surface area contributed by atoms with E-state index in [2.05, 4.69) is 48.1 Å². The second kappa shape index (κ2) is 10.2. The minimum atomic E-state index is -0.0725. The Kier molecular flexibility index (Phi) is 7.61. The molecule has 7 heteroatoms. The van der Waals surface area contributed by atoms with Crippen LogP contribution in [0.15, 0.2) is 29.6 Å². The number of rotatable bonds is 7. The molecule has 1 aromatic heterocycles. The van der Waals surface area contributed by atoms with Crippen LogP contribution in [-0.4, -0.2) is 52.3 Å². The van der Waals surface area contributed by atoms with Crippen LogP contribution in [0.2, 0.25) is 0 Å². The standard InChI is InChI=1S/C23H32N4O2S/c1-5-26(16(2)3)14-18-6-8-20(9-7-18)22(29)27-12-10-19(11-13-27)21(28)25-23-24-17(4)15-30-23/h6-9,15-16,19H,5,10-14H2,1-4H3,(H,24,25,28). The van der Waals surface area contributed by atoms with Crippen molar-refractivity contribution >= 4 is 28.3 Å². The fourth-order valence-electron chi connectivity index (χ4n) is 3.79. The van der Waals surface area contributed by atoms with Gasteiger partial charge in [0, 0.05) is 42.5 Å². The van der Waals surface area contributed by atoms with Crippen molar-refractivity contribution in [2.24, 2.45) is 5.92 Å². The Labute approximate surface area is 183 Å². The Hall–Kier alpha value is -2.25. The number of amides is 2. The van der Waals surface area contributed by atoms with Gasteiger partial charge in [-0.15, -0.1) is 11.3 Å². The third kappa shape index (κ3) is 5.67.